The molecule has 4 heteroatoms. The molecule has 88 valence electrons. The van der Waals surface area contributed by atoms with Gasteiger partial charge in [0.25, 0.3) is 0 Å². The normalized spacial score (nSPS) is 11.2. The van der Waals surface area contributed by atoms with Crippen molar-refractivity contribution in [1.82, 2.24) is 15.0 Å². The van der Waals surface area contributed by atoms with Gasteiger partial charge < -0.3 is 5.32 Å². The first-order valence-electron chi connectivity index (χ1n) is 5.56. The molecule has 2 aromatic rings. The SMILES string of the molecule is CC(C)(C)Nc1ccnc(-c2ccncc2)n1. The van der Waals surface area contributed by atoms with Crippen LogP contribution < -0.4 is 5.32 Å². The van der Waals surface area contributed by atoms with Gasteiger partial charge in [-0.2, -0.15) is 0 Å². The molecule has 0 spiro atoms. The van der Waals surface area contributed by atoms with Gasteiger partial charge in [0.1, 0.15) is 5.82 Å². The maximum atomic E-state index is 4.48. The van der Waals surface area contributed by atoms with Crippen LogP contribution >= 0.6 is 0 Å². The van der Waals surface area contributed by atoms with E-state index < -0.39 is 0 Å². The van der Waals surface area contributed by atoms with Gasteiger partial charge in [0.05, 0.1) is 0 Å². The van der Waals surface area contributed by atoms with E-state index in [2.05, 4.69) is 41.0 Å². The van der Waals surface area contributed by atoms with Crippen molar-refractivity contribution in [1.29, 1.82) is 0 Å². The highest BCUT2D eigenvalue weighted by atomic mass is 15.1. The zero-order valence-corrected chi connectivity index (χ0v) is 10.3. The van der Waals surface area contributed by atoms with Crippen molar-refractivity contribution in [2.75, 3.05) is 5.32 Å². The molecule has 0 radical (unpaired) electrons. The van der Waals surface area contributed by atoms with Crippen molar-refractivity contribution in [3.8, 4) is 11.4 Å². The molecule has 2 rings (SSSR count). The molecule has 4 nitrogen and oxygen atoms in total. The van der Waals surface area contributed by atoms with Crippen LogP contribution in [0.5, 0.6) is 0 Å². The molecule has 0 unspecified atom stereocenters. The van der Waals surface area contributed by atoms with Crippen LogP contribution in [-0.2, 0) is 0 Å². The van der Waals surface area contributed by atoms with E-state index >= 15 is 0 Å². The summed E-state index contributed by atoms with van der Waals surface area (Å²) in [5.74, 6) is 1.54. The van der Waals surface area contributed by atoms with E-state index in [0.29, 0.717) is 5.82 Å². The molecule has 0 saturated heterocycles. The average molecular weight is 228 g/mol. The third-order valence-corrected chi connectivity index (χ3v) is 2.10. The Bertz CT molecular complexity index is 488. The fourth-order valence-electron chi connectivity index (χ4n) is 1.45. The topological polar surface area (TPSA) is 50.7 Å². The van der Waals surface area contributed by atoms with E-state index in [1.54, 1.807) is 18.6 Å². The molecule has 2 heterocycles. The van der Waals surface area contributed by atoms with Crippen molar-refractivity contribution in [2.24, 2.45) is 0 Å². The predicted molar refractivity (Wildman–Crippen MR) is 68.6 cm³/mol. The number of aromatic nitrogens is 3. The second kappa shape index (κ2) is 4.49. The second-order valence-corrected chi connectivity index (χ2v) is 4.88. The molecule has 0 atom stereocenters. The molecule has 0 saturated carbocycles. The highest BCUT2D eigenvalue weighted by molar-refractivity contribution is 5.56. The maximum absolute atomic E-state index is 4.48. The lowest BCUT2D eigenvalue weighted by atomic mass is 10.1. The van der Waals surface area contributed by atoms with Crippen LogP contribution in [0.4, 0.5) is 5.82 Å². The fraction of sp³-hybridized carbons (Fsp3) is 0.308. The molecule has 2 aromatic heterocycles. The van der Waals surface area contributed by atoms with Gasteiger partial charge in [0.2, 0.25) is 0 Å². The van der Waals surface area contributed by atoms with Crippen molar-refractivity contribution in [3.63, 3.8) is 0 Å². The first kappa shape index (κ1) is 11.5. The average Bonchev–Trinajstić information content (AvgIpc) is 2.28. The lowest BCUT2D eigenvalue weighted by Crippen LogP contribution is -2.26. The molecular weight excluding hydrogens is 212 g/mol. The Kier molecular flexibility index (Phi) is 3.04. The lowest BCUT2D eigenvalue weighted by molar-refractivity contribution is 0.630. The molecule has 0 fully saturated rings. The smallest absolute Gasteiger partial charge is 0.161 e. The van der Waals surface area contributed by atoms with E-state index in [1.165, 1.54) is 0 Å². The van der Waals surface area contributed by atoms with E-state index in [1.807, 2.05) is 18.2 Å². The van der Waals surface area contributed by atoms with E-state index in [9.17, 15) is 0 Å². The largest absolute Gasteiger partial charge is 0.365 e. The summed E-state index contributed by atoms with van der Waals surface area (Å²) in [7, 11) is 0. The predicted octanol–water partition coefficient (Wildman–Crippen LogP) is 2.75. The Labute approximate surface area is 101 Å². The van der Waals surface area contributed by atoms with Crippen LogP contribution in [-0.4, -0.2) is 20.5 Å². The molecule has 17 heavy (non-hydrogen) atoms. The van der Waals surface area contributed by atoms with Crippen molar-refractivity contribution >= 4 is 5.82 Å². The van der Waals surface area contributed by atoms with Gasteiger partial charge in [-0.15, -0.1) is 0 Å². The maximum Gasteiger partial charge on any atom is 0.161 e. The molecule has 0 aliphatic rings. The van der Waals surface area contributed by atoms with Gasteiger partial charge in [-0.05, 0) is 39.0 Å². The summed E-state index contributed by atoms with van der Waals surface area (Å²) in [6.45, 7) is 6.30. The number of anilines is 1. The number of nitrogens with one attached hydrogen (secondary N) is 1. The minimum atomic E-state index is -0.0101. The number of pyridine rings is 1. The molecular formula is C13H16N4. The molecule has 0 aliphatic carbocycles. The Hall–Kier alpha value is -1.97. The summed E-state index contributed by atoms with van der Waals surface area (Å²) in [5, 5.41) is 3.32. The first-order valence-corrected chi connectivity index (χ1v) is 5.56. The van der Waals surface area contributed by atoms with Crippen LogP contribution in [0.2, 0.25) is 0 Å². The molecule has 0 bridgehead atoms. The fourth-order valence-corrected chi connectivity index (χ4v) is 1.45. The summed E-state index contributed by atoms with van der Waals surface area (Å²) < 4.78 is 0. The van der Waals surface area contributed by atoms with Crippen molar-refractivity contribution < 1.29 is 0 Å². The van der Waals surface area contributed by atoms with Crippen LogP contribution in [0.25, 0.3) is 11.4 Å². The summed E-state index contributed by atoms with van der Waals surface area (Å²) in [4.78, 5) is 12.7. The first-order chi connectivity index (χ1) is 8.04. The lowest BCUT2D eigenvalue weighted by Gasteiger charge is -2.21. The van der Waals surface area contributed by atoms with Gasteiger partial charge in [0.15, 0.2) is 5.82 Å². The number of hydrogen-bond acceptors (Lipinski definition) is 4. The monoisotopic (exact) mass is 228 g/mol. The summed E-state index contributed by atoms with van der Waals surface area (Å²) in [6.07, 6.45) is 5.24. The van der Waals surface area contributed by atoms with Crippen LogP contribution in [0.3, 0.4) is 0 Å². The standard InChI is InChI=1S/C13H16N4/c1-13(2,3)17-11-6-9-15-12(16-11)10-4-7-14-8-5-10/h4-9H,1-3H3,(H,15,16,17). The Morgan fingerprint density at radius 3 is 2.35 bits per heavy atom. The summed E-state index contributed by atoms with van der Waals surface area (Å²) in [6, 6.07) is 5.67. The quantitative estimate of drug-likeness (QED) is 0.858. The van der Waals surface area contributed by atoms with Crippen LogP contribution in [0, 0.1) is 0 Å². The zero-order valence-electron chi connectivity index (χ0n) is 10.3. The third kappa shape index (κ3) is 3.24. The van der Waals surface area contributed by atoms with Crippen LogP contribution in [0.1, 0.15) is 20.8 Å². The van der Waals surface area contributed by atoms with Crippen molar-refractivity contribution in [3.05, 3.63) is 36.8 Å². The third-order valence-electron chi connectivity index (χ3n) is 2.10. The van der Waals surface area contributed by atoms with Gasteiger partial charge in [-0.1, -0.05) is 0 Å². The van der Waals surface area contributed by atoms with Gasteiger partial charge in [-0.3, -0.25) is 4.98 Å². The van der Waals surface area contributed by atoms with E-state index in [0.717, 1.165) is 11.4 Å². The van der Waals surface area contributed by atoms with Gasteiger partial charge in [-0.25, -0.2) is 9.97 Å². The van der Waals surface area contributed by atoms with Crippen LogP contribution in [0.15, 0.2) is 36.8 Å². The van der Waals surface area contributed by atoms with Gasteiger partial charge in [0, 0.05) is 29.7 Å². The molecule has 0 aliphatic heterocycles. The highest BCUT2D eigenvalue weighted by Crippen LogP contribution is 2.17. The second-order valence-electron chi connectivity index (χ2n) is 4.88. The Morgan fingerprint density at radius 1 is 1.00 bits per heavy atom. The summed E-state index contributed by atoms with van der Waals surface area (Å²) in [5.41, 5.74) is 0.960. The Balaban J connectivity index is 2.29. The summed E-state index contributed by atoms with van der Waals surface area (Å²) >= 11 is 0. The van der Waals surface area contributed by atoms with Gasteiger partial charge >= 0.3 is 0 Å². The molecule has 0 aromatic carbocycles. The van der Waals surface area contributed by atoms with E-state index in [-0.39, 0.29) is 5.54 Å². The van der Waals surface area contributed by atoms with Crippen molar-refractivity contribution in [2.45, 2.75) is 26.3 Å². The van der Waals surface area contributed by atoms with E-state index in [4.69, 9.17) is 0 Å². The number of nitrogens with zero attached hydrogens (tertiary/aromatic N) is 3. The Morgan fingerprint density at radius 2 is 1.71 bits per heavy atom. The number of rotatable bonds is 2. The number of hydrogen-bond donors (Lipinski definition) is 1. The highest BCUT2D eigenvalue weighted by Gasteiger charge is 2.10. The minimum Gasteiger partial charge on any atom is -0.365 e. The minimum absolute atomic E-state index is 0.0101. The molecule has 0 amide bonds. The molecule has 1 N–H and O–H groups in total. The zero-order chi connectivity index (χ0) is 12.3.